The highest BCUT2D eigenvalue weighted by Crippen LogP contribution is 2.32. The Kier molecular flexibility index (Phi) is 5.76. The molecule has 2 aromatic heterocycles. The first-order chi connectivity index (χ1) is 15.9. The van der Waals surface area contributed by atoms with E-state index in [0.717, 1.165) is 25.1 Å². The van der Waals surface area contributed by atoms with Crippen LogP contribution in [0, 0.1) is 6.92 Å². The number of anilines is 1. The van der Waals surface area contributed by atoms with E-state index >= 15 is 0 Å². The smallest absolute Gasteiger partial charge is 0.263 e. The van der Waals surface area contributed by atoms with Gasteiger partial charge in [0.15, 0.2) is 11.6 Å². The van der Waals surface area contributed by atoms with Gasteiger partial charge in [-0.2, -0.15) is 5.10 Å². The first-order valence-electron chi connectivity index (χ1n) is 11.3. The van der Waals surface area contributed by atoms with Gasteiger partial charge in [-0.1, -0.05) is 0 Å². The van der Waals surface area contributed by atoms with Crippen LogP contribution in [0.4, 0.5) is 10.2 Å². The number of alkyl halides is 1. The number of aryl methyl sites for hydroxylation is 1. The molecule has 2 N–H and O–H groups in total. The summed E-state index contributed by atoms with van der Waals surface area (Å²) in [6.45, 7) is 5.13. The first-order valence-corrected chi connectivity index (χ1v) is 11.3. The second-order valence-corrected chi connectivity index (χ2v) is 9.10. The molecular formula is C24H29FN6O2. The molecule has 0 atom stereocenters. The second-order valence-electron chi connectivity index (χ2n) is 9.10. The van der Waals surface area contributed by atoms with Gasteiger partial charge < -0.3 is 20.1 Å². The van der Waals surface area contributed by atoms with Crippen LogP contribution in [-0.2, 0) is 24.2 Å². The average Bonchev–Trinajstić information content (AvgIpc) is 3.21. The molecule has 0 radical (unpaired) electrons. The molecule has 4 heterocycles. The number of benzene rings is 1. The largest absolute Gasteiger partial charge is 0.433 e. The Labute approximate surface area is 192 Å². The maximum absolute atomic E-state index is 14.9. The van der Waals surface area contributed by atoms with Gasteiger partial charge in [-0.3, -0.25) is 4.68 Å². The number of ether oxygens (including phenoxy) is 2. The number of halogens is 1. The maximum atomic E-state index is 14.9. The van der Waals surface area contributed by atoms with Crippen molar-refractivity contribution < 1.29 is 13.9 Å². The van der Waals surface area contributed by atoms with Gasteiger partial charge in [-0.05, 0) is 49.2 Å². The van der Waals surface area contributed by atoms with E-state index in [-0.39, 0.29) is 18.2 Å². The molecule has 1 aromatic carbocycles. The Bertz CT molecular complexity index is 1160. The summed E-state index contributed by atoms with van der Waals surface area (Å²) in [4.78, 5) is 11.2. The molecule has 174 valence electrons. The van der Waals surface area contributed by atoms with Crippen molar-refractivity contribution in [3.05, 3.63) is 47.4 Å². The third-order valence-corrected chi connectivity index (χ3v) is 6.47. The van der Waals surface area contributed by atoms with Crippen molar-refractivity contribution in [2.45, 2.75) is 44.9 Å². The predicted octanol–water partition coefficient (Wildman–Crippen LogP) is 3.53. The summed E-state index contributed by atoms with van der Waals surface area (Å²) >= 11 is 0. The molecule has 1 saturated heterocycles. The number of hydrogen-bond acceptors (Lipinski definition) is 7. The molecule has 8 nitrogen and oxygen atoms in total. The standard InChI is InChI=1S/C24H29FN6O2/c1-16-9-17(10-18-13-30(2)6-3-20(16)18)21-12-27-22(26)23(29-21)33-19-11-28-31(14-19)15-24(25)4-7-32-8-5-24/h9-12,14H,3-8,13,15H2,1-2H3,(H2,26,27). The first kappa shape index (κ1) is 21.8. The van der Waals surface area contributed by atoms with Crippen LogP contribution in [0.15, 0.2) is 30.7 Å². The quantitative estimate of drug-likeness (QED) is 0.633. The van der Waals surface area contributed by atoms with Crippen molar-refractivity contribution >= 4 is 5.82 Å². The van der Waals surface area contributed by atoms with E-state index in [1.807, 2.05) is 0 Å². The Morgan fingerprint density at radius 3 is 2.88 bits per heavy atom. The summed E-state index contributed by atoms with van der Waals surface area (Å²) in [6, 6.07) is 4.31. The molecule has 2 aliphatic rings. The molecule has 9 heteroatoms. The minimum Gasteiger partial charge on any atom is -0.433 e. The molecule has 0 bridgehead atoms. The lowest BCUT2D eigenvalue weighted by Gasteiger charge is -2.29. The van der Waals surface area contributed by atoms with Gasteiger partial charge >= 0.3 is 0 Å². The van der Waals surface area contributed by atoms with Crippen LogP contribution in [0.25, 0.3) is 11.3 Å². The van der Waals surface area contributed by atoms with E-state index in [0.29, 0.717) is 37.5 Å². The molecule has 0 saturated carbocycles. The highest BCUT2D eigenvalue weighted by Gasteiger charge is 2.33. The van der Waals surface area contributed by atoms with Gasteiger partial charge in [0.2, 0.25) is 0 Å². The Morgan fingerprint density at radius 2 is 2.06 bits per heavy atom. The lowest BCUT2D eigenvalue weighted by Crippen LogP contribution is -2.36. The van der Waals surface area contributed by atoms with Crippen LogP contribution >= 0.6 is 0 Å². The summed E-state index contributed by atoms with van der Waals surface area (Å²) in [7, 11) is 2.13. The molecule has 2 aliphatic heterocycles. The van der Waals surface area contributed by atoms with Gasteiger partial charge in [0, 0.05) is 44.7 Å². The van der Waals surface area contributed by atoms with Crippen molar-refractivity contribution in [3.63, 3.8) is 0 Å². The van der Waals surface area contributed by atoms with Gasteiger partial charge in [-0.15, -0.1) is 0 Å². The average molecular weight is 453 g/mol. The van der Waals surface area contributed by atoms with E-state index < -0.39 is 5.67 Å². The normalized spacial score (nSPS) is 18.2. The van der Waals surface area contributed by atoms with Crippen LogP contribution in [0.5, 0.6) is 11.6 Å². The van der Waals surface area contributed by atoms with Crippen molar-refractivity contribution in [1.29, 1.82) is 0 Å². The van der Waals surface area contributed by atoms with Crippen LogP contribution < -0.4 is 10.5 Å². The molecule has 33 heavy (non-hydrogen) atoms. The summed E-state index contributed by atoms with van der Waals surface area (Å²) in [5.74, 6) is 0.833. The minimum atomic E-state index is -1.32. The van der Waals surface area contributed by atoms with E-state index in [4.69, 9.17) is 15.2 Å². The summed E-state index contributed by atoms with van der Waals surface area (Å²) < 4.78 is 27.7. The SMILES string of the molecule is Cc1cc(-c2cnc(N)c(Oc3cnn(CC4(F)CCOCC4)c3)n2)cc2c1CCN(C)C2. The van der Waals surface area contributed by atoms with E-state index in [2.05, 4.69) is 46.1 Å². The molecule has 1 fully saturated rings. The van der Waals surface area contributed by atoms with E-state index in [1.165, 1.54) is 22.9 Å². The monoisotopic (exact) mass is 452 g/mol. The minimum absolute atomic E-state index is 0.157. The molecular weight excluding hydrogens is 423 g/mol. The van der Waals surface area contributed by atoms with Gasteiger partial charge in [0.25, 0.3) is 5.88 Å². The number of rotatable bonds is 5. The fourth-order valence-electron chi connectivity index (χ4n) is 4.59. The highest BCUT2D eigenvalue weighted by molar-refractivity contribution is 5.64. The van der Waals surface area contributed by atoms with Crippen LogP contribution in [0.3, 0.4) is 0 Å². The summed E-state index contributed by atoms with van der Waals surface area (Å²) in [5.41, 5.74) is 10.4. The number of fused-ring (bicyclic) bond motifs is 1. The number of aromatic nitrogens is 4. The van der Waals surface area contributed by atoms with Crippen LogP contribution in [0.2, 0.25) is 0 Å². The zero-order valence-corrected chi connectivity index (χ0v) is 19.1. The Hall–Kier alpha value is -3.04. The molecule has 0 amide bonds. The Morgan fingerprint density at radius 1 is 1.24 bits per heavy atom. The summed E-state index contributed by atoms with van der Waals surface area (Å²) in [5, 5.41) is 4.25. The van der Waals surface area contributed by atoms with E-state index in [1.54, 1.807) is 17.1 Å². The molecule has 0 unspecified atom stereocenters. The van der Waals surface area contributed by atoms with Gasteiger partial charge in [0.1, 0.15) is 5.67 Å². The van der Waals surface area contributed by atoms with Gasteiger partial charge in [-0.25, -0.2) is 14.4 Å². The number of nitrogen functional groups attached to an aromatic ring is 1. The molecule has 3 aromatic rings. The molecule has 5 rings (SSSR count). The van der Waals surface area contributed by atoms with Crippen molar-refractivity contribution in [1.82, 2.24) is 24.6 Å². The fourth-order valence-corrected chi connectivity index (χ4v) is 4.59. The lowest BCUT2D eigenvalue weighted by molar-refractivity contribution is -0.0194. The van der Waals surface area contributed by atoms with Crippen LogP contribution in [0.1, 0.15) is 29.5 Å². The number of hydrogen-bond donors (Lipinski definition) is 1. The van der Waals surface area contributed by atoms with Gasteiger partial charge in [0.05, 0.1) is 30.8 Å². The second kappa shape index (κ2) is 8.72. The number of nitrogens with zero attached hydrogens (tertiary/aromatic N) is 5. The molecule has 0 aliphatic carbocycles. The topological polar surface area (TPSA) is 91.3 Å². The zero-order valence-electron chi connectivity index (χ0n) is 19.1. The maximum Gasteiger partial charge on any atom is 0.263 e. The fraction of sp³-hybridized carbons (Fsp3) is 0.458. The summed E-state index contributed by atoms with van der Waals surface area (Å²) in [6.07, 6.45) is 6.63. The van der Waals surface area contributed by atoms with Crippen molar-refractivity contribution in [2.75, 3.05) is 32.5 Å². The van der Waals surface area contributed by atoms with Crippen molar-refractivity contribution in [2.24, 2.45) is 0 Å². The highest BCUT2D eigenvalue weighted by atomic mass is 19.1. The number of likely N-dealkylation sites (N-methyl/N-ethyl adjacent to an activating group) is 1. The number of nitrogens with two attached hydrogens (primary N) is 1. The molecule has 0 spiro atoms. The van der Waals surface area contributed by atoms with E-state index in [9.17, 15) is 4.39 Å². The van der Waals surface area contributed by atoms with Crippen molar-refractivity contribution in [3.8, 4) is 22.9 Å². The predicted molar refractivity (Wildman–Crippen MR) is 123 cm³/mol. The lowest BCUT2D eigenvalue weighted by atomic mass is 9.92. The Balaban J connectivity index is 1.36. The third kappa shape index (κ3) is 4.69. The van der Waals surface area contributed by atoms with Crippen LogP contribution in [-0.4, -0.2) is 57.1 Å². The third-order valence-electron chi connectivity index (χ3n) is 6.47. The zero-order chi connectivity index (χ0) is 23.0.